The molecule has 4 aliphatic rings. The average Bonchev–Trinajstić information content (AvgIpc) is 4.09. The van der Waals surface area contributed by atoms with Crippen LogP contribution in [0.15, 0.2) is 79.7 Å². The van der Waals surface area contributed by atoms with Gasteiger partial charge in [-0.2, -0.15) is 0 Å². The molecule has 2 aromatic carbocycles. The number of aromatic amines is 1. The van der Waals surface area contributed by atoms with Crippen molar-refractivity contribution in [3.8, 4) is 5.88 Å². The molecule has 13 nitrogen and oxygen atoms in total. The smallest absolute Gasteiger partial charge is 0.306 e. The van der Waals surface area contributed by atoms with Crippen LogP contribution in [-0.4, -0.2) is 82.6 Å². The monoisotopic (exact) mass is 779 g/mol. The van der Waals surface area contributed by atoms with E-state index in [1.54, 1.807) is 13.1 Å². The first-order valence-corrected chi connectivity index (χ1v) is 20.7. The Morgan fingerprint density at radius 3 is 2.71 bits per heavy atom. The van der Waals surface area contributed by atoms with Crippen molar-refractivity contribution in [3.63, 3.8) is 0 Å². The van der Waals surface area contributed by atoms with Gasteiger partial charge in [-0.15, -0.1) is 6.58 Å². The summed E-state index contributed by atoms with van der Waals surface area (Å²) in [5, 5.41) is 4.77. The number of nitrogens with zero attached hydrogens (tertiary/aromatic N) is 2. The van der Waals surface area contributed by atoms with Gasteiger partial charge in [0.25, 0.3) is 5.91 Å². The van der Waals surface area contributed by atoms with Crippen molar-refractivity contribution in [3.05, 3.63) is 90.8 Å². The van der Waals surface area contributed by atoms with E-state index >= 15 is 0 Å². The summed E-state index contributed by atoms with van der Waals surface area (Å²) in [5.74, 6) is -3.57. The van der Waals surface area contributed by atoms with Crippen LogP contribution in [0, 0.1) is 11.8 Å². The van der Waals surface area contributed by atoms with E-state index in [1.165, 1.54) is 11.0 Å². The van der Waals surface area contributed by atoms with Crippen LogP contribution in [0.1, 0.15) is 63.0 Å². The first-order chi connectivity index (χ1) is 26.9. The summed E-state index contributed by atoms with van der Waals surface area (Å²) in [7, 11) is -3.91. The second-order valence-electron chi connectivity index (χ2n) is 15.7. The highest BCUT2D eigenvalue weighted by molar-refractivity contribution is 7.91. The Bertz CT molecular complexity index is 2390. The van der Waals surface area contributed by atoms with Crippen LogP contribution >= 0.6 is 0 Å². The summed E-state index contributed by atoms with van der Waals surface area (Å²) in [6.45, 7) is 5.75. The molecule has 0 unspecified atom stereocenters. The average molecular weight is 780 g/mol. The Kier molecular flexibility index (Phi) is 9.71. The SMILES string of the molecule is C=C[C@@H]1C[C@]1(NC(=O)[C@@H]1C[C@]2(C)CN1C(=O)[C@H](Cc1c[nH]c3ccccc13)CC(=O)OCCC/C=C/c1ccc3ccnc(c3c1)O2)C(=O)NS(=O)(=O)C1CC1. The van der Waals surface area contributed by atoms with E-state index in [4.69, 9.17) is 9.47 Å². The van der Waals surface area contributed by atoms with Crippen LogP contribution in [0.3, 0.4) is 0 Å². The first kappa shape index (κ1) is 37.4. The number of aromatic nitrogens is 2. The zero-order chi connectivity index (χ0) is 39.2. The number of hydrogen-bond donors (Lipinski definition) is 3. The standard InChI is InChI=1S/C42H45N5O8S/c1-3-30-22-42(30,40(51)46-56(52,53)31-14-15-31)45-37(49)35-23-41(2)25-47(35)39(50)28(20-29-24-44-34-11-7-6-10-32(29)34)21-36(48)54-18-8-4-5-9-26-12-13-27-16-17-43-38(55-41)33(27)19-26/h3,5-7,9-13,16-17,19,24,28,30-31,35,44H,1,4,8,14-15,18,20-23,25H2,2H3,(H,45,49)(H,46,51)/b9-5+/t28-,30-,35+,41-,42-/m1/s1. The van der Waals surface area contributed by atoms with Gasteiger partial charge in [-0.05, 0) is 80.2 Å². The number of benzene rings is 2. The zero-order valence-electron chi connectivity index (χ0n) is 31.2. The third-order valence-electron chi connectivity index (χ3n) is 11.4. The van der Waals surface area contributed by atoms with Gasteiger partial charge >= 0.3 is 5.97 Å². The number of pyridine rings is 1. The largest absolute Gasteiger partial charge is 0.469 e. The highest BCUT2D eigenvalue weighted by Gasteiger charge is 2.62. The predicted octanol–water partition coefficient (Wildman–Crippen LogP) is 4.72. The van der Waals surface area contributed by atoms with E-state index in [0.717, 1.165) is 32.8 Å². The summed E-state index contributed by atoms with van der Waals surface area (Å²) in [4.78, 5) is 65.8. The van der Waals surface area contributed by atoms with Crippen molar-refractivity contribution in [2.45, 2.75) is 80.7 Å². The van der Waals surface area contributed by atoms with Gasteiger partial charge < -0.3 is 24.7 Å². The molecule has 3 fully saturated rings. The van der Waals surface area contributed by atoms with Crippen molar-refractivity contribution >= 4 is 61.5 Å². The molecule has 2 aliphatic heterocycles. The molecule has 4 bridgehead atoms. The number of amides is 3. The Morgan fingerprint density at radius 1 is 1.11 bits per heavy atom. The lowest BCUT2D eigenvalue weighted by Gasteiger charge is -2.30. The highest BCUT2D eigenvalue weighted by Crippen LogP contribution is 2.46. The van der Waals surface area contributed by atoms with Crippen molar-refractivity contribution in [2.75, 3.05) is 13.2 Å². The molecule has 3 amide bonds. The lowest BCUT2D eigenvalue weighted by Crippen LogP contribution is -2.57. The number of allylic oxidation sites excluding steroid dienone is 1. The number of carbonyl (C=O) groups is 4. The molecular weight excluding hydrogens is 735 g/mol. The Hall–Kier alpha value is -5.50. The number of rotatable bonds is 8. The number of cyclic esters (lactones) is 1. The molecular formula is C42H45N5O8S. The third kappa shape index (κ3) is 7.41. The van der Waals surface area contributed by atoms with Crippen molar-refractivity contribution in [1.82, 2.24) is 24.9 Å². The summed E-state index contributed by atoms with van der Waals surface area (Å²) in [5.41, 5.74) is -0.0742. The maximum atomic E-state index is 15.0. The Morgan fingerprint density at radius 2 is 1.93 bits per heavy atom. The second kappa shape index (κ2) is 14.5. The van der Waals surface area contributed by atoms with Gasteiger partial charge in [-0.1, -0.05) is 48.6 Å². The number of carbonyl (C=O) groups excluding carboxylic acids is 4. The fourth-order valence-electron chi connectivity index (χ4n) is 8.10. The van der Waals surface area contributed by atoms with Crippen LogP contribution in [0.4, 0.5) is 0 Å². The minimum atomic E-state index is -3.91. The molecule has 292 valence electrons. The third-order valence-corrected chi connectivity index (χ3v) is 13.2. The number of hydrogen-bond acceptors (Lipinski definition) is 9. The summed E-state index contributed by atoms with van der Waals surface area (Å²) in [6, 6.07) is 14.3. The van der Waals surface area contributed by atoms with Gasteiger partial charge in [0.2, 0.25) is 27.7 Å². The van der Waals surface area contributed by atoms with E-state index < -0.39 is 68.0 Å². The molecule has 2 aromatic heterocycles. The van der Waals surface area contributed by atoms with Gasteiger partial charge in [-0.3, -0.25) is 23.9 Å². The van der Waals surface area contributed by atoms with Gasteiger partial charge in [0.05, 0.1) is 30.7 Å². The van der Waals surface area contributed by atoms with Gasteiger partial charge in [0, 0.05) is 41.0 Å². The molecule has 2 aliphatic carbocycles. The van der Waals surface area contributed by atoms with Crippen LogP contribution in [0.5, 0.6) is 5.88 Å². The summed E-state index contributed by atoms with van der Waals surface area (Å²) in [6.07, 6.45) is 11.3. The quantitative estimate of drug-likeness (QED) is 0.169. The molecule has 0 spiro atoms. The fourth-order valence-corrected chi connectivity index (χ4v) is 9.47. The predicted molar refractivity (Wildman–Crippen MR) is 209 cm³/mol. The maximum absolute atomic E-state index is 15.0. The minimum Gasteiger partial charge on any atom is -0.469 e. The van der Waals surface area contributed by atoms with Gasteiger partial charge in [0.15, 0.2) is 0 Å². The molecule has 5 atom stereocenters. The van der Waals surface area contributed by atoms with E-state index in [1.807, 2.05) is 66.9 Å². The van der Waals surface area contributed by atoms with Crippen LogP contribution in [0.25, 0.3) is 27.8 Å². The fraction of sp³-hybridized carbons (Fsp3) is 0.405. The normalized spacial score (nSPS) is 27.5. The molecule has 2 saturated carbocycles. The topological polar surface area (TPSA) is 177 Å². The van der Waals surface area contributed by atoms with Crippen LogP contribution in [-0.2, 0) is 40.4 Å². The number of H-pyrrole nitrogens is 1. The molecule has 56 heavy (non-hydrogen) atoms. The van der Waals surface area contributed by atoms with Crippen molar-refractivity contribution < 1.29 is 37.1 Å². The zero-order valence-corrected chi connectivity index (χ0v) is 32.0. The van der Waals surface area contributed by atoms with Gasteiger partial charge in [0.1, 0.15) is 17.2 Å². The van der Waals surface area contributed by atoms with E-state index in [-0.39, 0.29) is 38.8 Å². The number of esters is 1. The summed E-state index contributed by atoms with van der Waals surface area (Å²) >= 11 is 0. The Balaban J connectivity index is 1.16. The number of ether oxygens (including phenoxy) is 2. The van der Waals surface area contributed by atoms with Crippen molar-refractivity contribution in [2.24, 2.45) is 11.8 Å². The number of para-hydroxylation sites is 1. The van der Waals surface area contributed by atoms with E-state index in [0.29, 0.717) is 31.6 Å². The van der Waals surface area contributed by atoms with Crippen LogP contribution < -0.4 is 14.8 Å². The number of nitrogens with one attached hydrogen (secondary N) is 3. The van der Waals surface area contributed by atoms with Crippen LogP contribution in [0.2, 0.25) is 0 Å². The minimum absolute atomic E-state index is 0.0172. The second-order valence-corrected chi connectivity index (χ2v) is 17.7. The van der Waals surface area contributed by atoms with E-state index in [2.05, 4.69) is 26.6 Å². The number of sulfonamides is 1. The number of fused-ring (bicyclic) bond motifs is 4. The molecule has 4 aromatic rings. The van der Waals surface area contributed by atoms with Gasteiger partial charge in [-0.25, -0.2) is 13.4 Å². The lowest BCUT2D eigenvalue weighted by molar-refractivity contribution is -0.150. The molecule has 1 saturated heterocycles. The highest BCUT2D eigenvalue weighted by atomic mass is 32.2. The Labute approximate surface area is 324 Å². The summed E-state index contributed by atoms with van der Waals surface area (Å²) < 4.78 is 40.1. The van der Waals surface area contributed by atoms with E-state index in [9.17, 15) is 27.6 Å². The maximum Gasteiger partial charge on any atom is 0.306 e. The molecule has 8 rings (SSSR count). The molecule has 3 N–H and O–H groups in total. The molecule has 4 heterocycles. The van der Waals surface area contributed by atoms with Crippen molar-refractivity contribution in [1.29, 1.82) is 0 Å². The molecule has 0 radical (unpaired) electrons. The molecule has 14 heteroatoms. The lowest BCUT2D eigenvalue weighted by atomic mass is 9.94. The first-order valence-electron chi connectivity index (χ1n) is 19.1.